The summed E-state index contributed by atoms with van der Waals surface area (Å²) in [6.07, 6.45) is 2.20. The Labute approximate surface area is 251 Å². The molecule has 1 aromatic heterocycles. The summed E-state index contributed by atoms with van der Waals surface area (Å²) in [5, 5.41) is 2.59. The Hall–Kier alpha value is -4.53. The smallest absolute Gasteiger partial charge is 0.0753 e. The van der Waals surface area contributed by atoms with E-state index in [0.717, 1.165) is 0 Å². The van der Waals surface area contributed by atoms with E-state index >= 15 is 0 Å². The number of hydrogen-bond acceptors (Lipinski definition) is 1. The molecular formula is C40H31NS. The van der Waals surface area contributed by atoms with E-state index < -0.39 is 5.41 Å². The monoisotopic (exact) mass is 557 g/mol. The minimum absolute atomic E-state index is 0.505. The van der Waals surface area contributed by atoms with Gasteiger partial charge in [0.25, 0.3) is 0 Å². The normalized spacial score (nSPS) is 15.7. The van der Waals surface area contributed by atoms with E-state index in [1.807, 2.05) is 11.8 Å². The van der Waals surface area contributed by atoms with Crippen molar-refractivity contribution in [3.63, 3.8) is 0 Å². The number of thioether (sulfide) groups is 1. The molecule has 1 aliphatic rings. The molecule has 0 aliphatic carbocycles. The van der Waals surface area contributed by atoms with Gasteiger partial charge in [0.2, 0.25) is 0 Å². The largest absolute Gasteiger partial charge is 0.309 e. The fourth-order valence-electron chi connectivity index (χ4n) is 7.49. The zero-order valence-corrected chi connectivity index (χ0v) is 24.9. The lowest BCUT2D eigenvalue weighted by molar-refractivity contribution is 0.712. The SMILES string of the molecule is CSc1ccccc1C1(c2cccc(-c3cc(C)cc(C)c3)c2)c2ccccc2-n2c3ccccc3c3cccc1c32. The first-order valence-corrected chi connectivity index (χ1v) is 15.8. The molecule has 0 spiro atoms. The average Bonchev–Trinajstić information content (AvgIpc) is 3.37. The van der Waals surface area contributed by atoms with Crippen LogP contribution in [0.5, 0.6) is 0 Å². The van der Waals surface area contributed by atoms with Gasteiger partial charge in [0.05, 0.1) is 22.1 Å². The molecule has 0 fully saturated rings. The van der Waals surface area contributed by atoms with E-state index in [-0.39, 0.29) is 0 Å². The maximum Gasteiger partial charge on any atom is 0.0753 e. The van der Waals surface area contributed by atoms with Crippen LogP contribution in [0.3, 0.4) is 0 Å². The van der Waals surface area contributed by atoms with Crippen LogP contribution >= 0.6 is 11.8 Å². The number of hydrogen-bond donors (Lipinski definition) is 0. The second kappa shape index (κ2) is 9.51. The van der Waals surface area contributed by atoms with Crippen LogP contribution in [-0.4, -0.2) is 10.8 Å². The molecule has 0 radical (unpaired) electrons. The third kappa shape index (κ3) is 3.45. The molecular weight excluding hydrogens is 527 g/mol. The van der Waals surface area contributed by atoms with E-state index in [4.69, 9.17) is 0 Å². The third-order valence-electron chi connectivity index (χ3n) is 9.01. The van der Waals surface area contributed by atoms with Crippen molar-refractivity contribution in [3.8, 4) is 16.8 Å². The van der Waals surface area contributed by atoms with Gasteiger partial charge in [0.15, 0.2) is 0 Å². The lowest BCUT2D eigenvalue weighted by Gasteiger charge is -2.42. The van der Waals surface area contributed by atoms with Gasteiger partial charge < -0.3 is 4.57 Å². The van der Waals surface area contributed by atoms with Crippen LogP contribution in [0.2, 0.25) is 0 Å². The maximum atomic E-state index is 2.50. The molecule has 0 N–H and O–H groups in total. The zero-order valence-electron chi connectivity index (χ0n) is 24.1. The number of aryl methyl sites for hydroxylation is 2. The molecule has 202 valence electrons. The van der Waals surface area contributed by atoms with Crippen LogP contribution in [0.25, 0.3) is 38.6 Å². The summed E-state index contributed by atoms with van der Waals surface area (Å²) >= 11 is 1.83. The van der Waals surface area contributed by atoms with E-state index in [9.17, 15) is 0 Å². The van der Waals surface area contributed by atoms with Crippen LogP contribution in [0.15, 0.2) is 138 Å². The summed E-state index contributed by atoms with van der Waals surface area (Å²) in [5.74, 6) is 0. The first kappa shape index (κ1) is 25.2. The first-order valence-electron chi connectivity index (χ1n) is 14.6. The standard InChI is InChI=1S/C40H31NS/c1-26-22-27(2)24-29(23-26)28-12-10-13-30(25-28)40(34-17-6-9-21-38(34)42-3)33-16-5-8-20-37(33)41-36-19-7-4-14-31(36)32-15-11-18-35(40)39(32)41/h4-25H,1-3H3. The van der Waals surface area contributed by atoms with E-state index in [2.05, 4.69) is 158 Å². The molecule has 42 heavy (non-hydrogen) atoms. The molecule has 0 bridgehead atoms. The van der Waals surface area contributed by atoms with Crippen molar-refractivity contribution in [1.29, 1.82) is 0 Å². The predicted octanol–water partition coefficient (Wildman–Crippen LogP) is 10.5. The summed E-state index contributed by atoms with van der Waals surface area (Å²) in [6, 6.07) is 50.0. The summed E-state index contributed by atoms with van der Waals surface area (Å²) in [4.78, 5) is 1.30. The molecule has 0 saturated heterocycles. The molecule has 6 aromatic carbocycles. The molecule has 7 aromatic rings. The quantitative estimate of drug-likeness (QED) is 0.195. The summed E-state index contributed by atoms with van der Waals surface area (Å²) < 4.78 is 2.50. The van der Waals surface area contributed by atoms with Gasteiger partial charge >= 0.3 is 0 Å². The lowest BCUT2D eigenvalue weighted by atomic mass is 9.63. The van der Waals surface area contributed by atoms with Crippen molar-refractivity contribution in [1.82, 2.24) is 4.57 Å². The van der Waals surface area contributed by atoms with E-state index in [1.165, 1.54) is 76.9 Å². The van der Waals surface area contributed by atoms with E-state index in [0.29, 0.717) is 0 Å². The highest BCUT2D eigenvalue weighted by Crippen LogP contribution is 2.55. The number of aromatic nitrogens is 1. The summed E-state index contributed by atoms with van der Waals surface area (Å²) in [5.41, 5.74) is 13.6. The number of fused-ring (bicyclic) bond motifs is 5. The maximum absolute atomic E-state index is 2.50. The Kier molecular flexibility index (Phi) is 5.70. The Morgan fingerprint density at radius 2 is 1.21 bits per heavy atom. The number of nitrogens with zero attached hydrogens (tertiary/aromatic N) is 1. The van der Waals surface area contributed by atoms with Crippen molar-refractivity contribution in [2.75, 3.05) is 6.26 Å². The van der Waals surface area contributed by atoms with Gasteiger partial charge in [-0.25, -0.2) is 0 Å². The van der Waals surface area contributed by atoms with Crippen molar-refractivity contribution in [2.45, 2.75) is 24.2 Å². The van der Waals surface area contributed by atoms with Crippen LogP contribution in [-0.2, 0) is 5.41 Å². The lowest BCUT2D eigenvalue weighted by Crippen LogP contribution is -2.36. The Bertz CT molecular complexity index is 2150. The van der Waals surface area contributed by atoms with Gasteiger partial charge in [-0.3, -0.25) is 0 Å². The highest BCUT2D eigenvalue weighted by molar-refractivity contribution is 7.98. The van der Waals surface area contributed by atoms with Crippen molar-refractivity contribution in [2.24, 2.45) is 0 Å². The van der Waals surface area contributed by atoms with Gasteiger partial charge in [-0.1, -0.05) is 120 Å². The van der Waals surface area contributed by atoms with Gasteiger partial charge in [-0.15, -0.1) is 11.8 Å². The second-order valence-corrected chi connectivity index (χ2v) is 12.3. The highest BCUT2D eigenvalue weighted by Gasteiger charge is 2.46. The molecule has 0 saturated carbocycles. The predicted molar refractivity (Wildman–Crippen MR) is 179 cm³/mol. The van der Waals surface area contributed by atoms with Crippen LogP contribution in [0, 0.1) is 13.8 Å². The fraction of sp³-hybridized carbons (Fsp3) is 0.100. The molecule has 8 rings (SSSR count). The highest BCUT2D eigenvalue weighted by atomic mass is 32.2. The first-order chi connectivity index (χ1) is 20.6. The summed E-state index contributed by atoms with van der Waals surface area (Å²) in [6.45, 7) is 4.38. The molecule has 1 nitrogen and oxygen atoms in total. The van der Waals surface area contributed by atoms with Crippen LogP contribution in [0.4, 0.5) is 0 Å². The Balaban J connectivity index is 1.58. The minimum Gasteiger partial charge on any atom is -0.309 e. The van der Waals surface area contributed by atoms with E-state index in [1.54, 1.807) is 0 Å². The molecule has 2 heteroatoms. The Morgan fingerprint density at radius 1 is 0.548 bits per heavy atom. The van der Waals surface area contributed by atoms with Crippen LogP contribution < -0.4 is 0 Å². The number of benzene rings is 6. The molecule has 1 atom stereocenters. The average molecular weight is 558 g/mol. The summed E-state index contributed by atoms with van der Waals surface area (Å²) in [7, 11) is 0. The minimum atomic E-state index is -0.505. The molecule has 1 aliphatic heterocycles. The van der Waals surface area contributed by atoms with Gasteiger partial charge in [-0.05, 0) is 77.7 Å². The van der Waals surface area contributed by atoms with Gasteiger partial charge in [0, 0.05) is 15.7 Å². The van der Waals surface area contributed by atoms with Crippen LogP contribution in [0.1, 0.15) is 33.4 Å². The topological polar surface area (TPSA) is 4.93 Å². The zero-order chi connectivity index (χ0) is 28.4. The second-order valence-electron chi connectivity index (χ2n) is 11.5. The van der Waals surface area contributed by atoms with Crippen molar-refractivity contribution >= 4 is 33.6 Å². The van der Waals surface area contributed by atoms with Gasteiger partial charge in [-0.2, -0.15) is 0 Å². The number of rotatable bonds is 4. The third-order valence-corrected chi connectivity index (χ3v) is 9.81. The van der Waals surface area contributed by atoms with Crippen molar-refractivity contribution < 1.29 is 0 Å². The van der Waals surface area contributed by atoms with Crippen molar-refractivity contribution in [3.05, 3.63) is 167 Å². The fourth-order valence-corrected chi connectivity index (χ4v) is 8.14. The number of para-hydroxylation sites is 3. The Morgan fingerprint density at radius 3 is 2.05 bits per heavy atom. The molecule has 1 unspecified atom stereocenters. The van der Waals surface area contributed by atoms with Gasteiger partial charge in [0.1, 0.15) is 0 Å². The molecule has 0 amide bonds. The molecule has 2 heterocycles.